The first-order valence-electron chi connectivity index (χ1n) is 8.30. The van der Waals surface area contributed by atoms with Gasteiger partial charge in [-0.25, -0.2) is 4.79 Å². The van der Waals surface area contributed by atoms with E-state index >= 15 is 0 Å². The Hall–Kier alpha value is -2.08. The number of anilines is 2. The number of benzene rings is 1. The molecule has 1 aliphatic heterocycles. The van der Waals surface area contributed by atoms with Gasteiger partial charge in [-0.05, 0) is 31.4 Å². The average Bonchev–Trinajstić information content (AvgIpc) is 2.96. The summed E-state index contributed by atoms with van der Waals surface area (Å²) >= 11 is 0. The smallest absolute Gasteiger partial charge is 0.319 e. The van der Waals surface area contributed by atoms with E-state index in [0.29, 0.717) is 18.7 Å². The monoisotopic (exact) mass is 317 g/mol. The van der Waals surface area contributed by atoms with E-state index in [1.54, 1.807) is 11.0 Å². The highest BCUT2D eigenvalue weighted by molar-refractivity contribution is 6.01. The maximum Gasteiger partial charge on any atom is 0.319 e. The summed E-state index contributed by atoms with van der Waals surface area (Å²) in [6.45, 7) is 0.681. The van der Waals surface area contributed by atoms with Crippen molar-refractivity contribution in [3.63, 3.8) is 0 Å². The van der Waals surface area contributed by atoms with Gasteiger partial charge in [-0.15, -0.1) is 0 Å². The lowest BCUT2D eigenvalue weighted by Crippen LogP contribution is -2.46. The first-order chi connectivity index (χ1) is 11.1. The average molecular weight is 317 g/mol. The van der Waals surface area contributed by atoms with Crippen LogP contribution >= 0.6 is 0 Å². The van der Waals surface area contributed by atoms with Crippen molar-refractivity contribution in [1.82, 2.24) is 5.32 Å². The van der Waals surface area contributed by atoms with Crippen LogP contribution in [0.2, 0.25) is 0 Å². The molecule has 0 radical (unpaired) electrons. The Kier molecular flexibility index (Phi) is 4.81. The fourth-order valence-corrected chi connectivity index (χ4v) is 3.32. The van der Waals surface area contributed by atoms with E-state index < -0.39 is 6.10 Å². The maximum absolute atomic E-state index is 12.2. The molecule has 0 aromatic heterocycles. The Balaban J connectivity index is 1.67. The number of nitrogens with one attached hydrogen (secondary N) is 2. The van der Waals surface area contributed by atoms with Crippen molar-refractivity contribution in [2.75, 3.05) is 16.8 Å². The van der Waals surface area contributed by atoms with E-state index in [-0.39, 0.29) is 18.0 Å². The lowest BCUT2D eigenvalue weighted by Gasteiger charge is -2.28. The standard InChI is InChI=1S/C17H23N3O3/c21-15-9-4-2-7-13(15)19-17(23)18-12-6-1-3-8-14(12)20-11-5-10-16(20)22/h1,3,6,8,13,15,21H,2,4-5,7,9-11H2,(H2,18,19,23). The molecule has 1 saturated carbocycles. The van der Waals surface area contributed by atoms with Gasteiger partial charge in [-0.2, -0.15) is 0 Å². The van der Waals surface area contributed by atoms with Crippen molar-refractivity contribution in [2.45, 2.75) is 50.7 Å². The largest absolute Gasteiger partial charge is 0.391 e. The van der Waals surface area contributed by atoms with Crippen LogP contribution in [0.1, 0.15) is 38.5 Å². The molecule has 1 aromatic carbocycles. The van der Waals surface area contributed by atoms with Crippen LogP contribution in [0.5, 0.6) is 0 Å². The van der Waals surface area contributed by atoms with Crippen LogP contribution in [0.3, 0.4) is 0 Å². The van der Waals surface area contributed by atoms with Crippen LogP contribution in [0.15, 0.2) is 24.3 Å². The van der Waals surface area contributed by atoms with E-state index in [2.05, 4.69) is 10.6 Å². The molecule has 6 heteroatoms. The molecule has 1 aromatic rings. The Labute approximate surface area is 135 Å². The minimum atomic E-state index is -0.482. The quantitative estimate of drug-likeness (QED) is 0.799. The van der Waals surface area contributed by atoms with E-state index in [4.69, 9.17) is 0 Å². The molecule has 23 heavy (non-hydrogen) atoms. The summed E-state index contributed by atoms with van der Waals surface area (Å²) in [5.41, 5.74) is 1.35. The number of amides is 3. The van der Waals surface area contributed by atoms with Gasteiger partial charge in [0.15, 0.2) is 0 Å². The van der Waals surface area contributed by atoms with E-state index in [1.807, 2.05) is 18.2 Å². The summed E-state index contributed by atoms with van der Waals surface area (Å²) < 4.78 is 0. The topological polar surface area (TPSA) is 81.7 Å². The van der Waals surface area contributed by atoms with Gasteiger partial charge in [0.2, 0.25) is 5.91 Å². The van der Waals surface area contributed by atoms with Crippen molar-refractivity contribution in [3.8, 4) is 0 Å². The minimum Gasteiger partial charge on any atom is -0.391 e. The first kappa shape index (κ1) is 15.8. The molecule has 2 atom stereocenters. The van der Waals surface area contributed by atoms with Crippen LogP contribution in [-0.2, 0) is 4.79 Å². The highest BCUT2D eigenvalue weighted by Gasteiger charge is 2.26. The molecule has 3 rings (SSSR count). The zero-order valence-electron chi connectivity index (χ0n) is 13.1. The molecule has 3 N–H and O–H groups in total. The highest BCUT2D eigenvalue weighted by atomic mass is 16.3. The van der Waals surface area contributed by atoms with Crippen molar-refractivity contribution in [3.05, 3.63) is 24.3 Å². The summed E-state index contributed by atoms with van der Waals surface area (Å²) in [6.07, 6.45) is 4.44. The van der Waals surface area contributed by atoms with Gasteiger partial charge >= 0.3 is 6.03 Å². The normalized spacial score (nSPS) is 24.6. The van der Waals surface area contributed by atoms with Gasteiger partial charge < -0.3 is 20.6 Å². The number of para-hydroxylation sites is 2. The molecule has 0 bridgehead atoms. The van der Waals surface area contributed by atoms with Crippen molar-refractivity contribution >= 4 is 23.3 Å². The molecule has 1 saturated heterocycles. The second-order valence-electron chi connectivity index (χ2n) is 6.22. The molecule has 2 aliphatic rings. The Bertz CT molecular complexity index is 590. The molecular formula is C17H23N3O3. The zero-order valence-corrected chi connectivity index (χ0v) is 13.1. The third-order valence-electron chi connectivity index (χ3n) is 4.56. The molecule has 1 heterocycles. The summed E-state index contributed by atoms with van der Waals surface area (Å²) in [5, 5.41) is 15.6. The fourth-order valence-electron chi connectivity index (χ4n) is 3.32. The molecule has 0 spiro atoms. The van der Waals surface area contributed by atoms with Crippen molar-refractivity contribution in [1.29, 1.82) is 0 Å². The zero-order chi connectivity index (χ0) is 16.2. The predicted molar refractivity (Wildman–Crippen MR) is 88.4 cm³/mol. The number of aliphatic hydroxyl groups excluding tert-OH is 1. The van der Waals surface area contributed by atoms with Crippen LogP contribution in [0.4, 0.5) is 16.2 Å². The second kappa shape index (κ2) is 7.00. The molecule has 2 fully saturated rings. The Morgan fingerprint density at radius 2 is 1.96 bits per heavy atom. The van der Waals surface area contributed by atoms with Gasteiger partial charge in [0.1, 0.15) is 0 Å². The minimum absolute atomic E-state index is 0.0855. The molecule has 2 unspecified atom stereocenters. The number of urea groups is 1. The summed E-state index contributed by atoms with van der Waals surface area (Å²) in [7, 11) is 0. The van der Waals surface area contributed by atoms with Crippen molar-refractivity contribution < 1.29 is 14.7 Å². The fraction of sp³-hybridized carbons (Fsp3) is 0.529. The van der Waals surface area contributed by atoms with Gasteiger partial charge in [0.25, 0.3) is 0 Å². The molecule has 6 nitrogen and oxygen atoms in total. The van der Waals surface area contributed by atoms with Crippen LogP contribution in [0.25, 0.3) is 0 Å². The number of hydrogen-bond acceptors (Lipinski definition) is 3. The molecule has 1 aliphatic carbocycles. The summed E-state index contributed by atoms with van der Waals surface area (Å²) in [5.74, 6) is 0.0855. The second-order valence-corrected chi connectivity index (χ2v) is 6.22. The van der Waals surface area contributed by atoms with Gasteiger partial charge in [0.05, 0.1) is 23.5 Å². The lowest BCUT2D eigenvalue weighted by atomic mass is 9.93. The SMILES string of the molecule is O=C(Nc1ccccc1N1CCCC1=O)NC1CCCCC1O. The van der Waals surface area contributed by atoms with E-state index in [0.717, 1.165) is 37.8 Å². The van der Waals surface area contributed by atoms with Crippen LogP contribution in [0, 0.1) is 0 Å². The Morgan fingerprint density at radius 3 is 2.70 bits per heavy atom. The number of nitrogens with zero attached hydrogens (tertiary/aromatic N) is 1. The maximum atomic E-state index is 12.2. The highest BCUT2D eigenvalue weighted by Crippen LogP contribution is 2.29. The van der Waals surface area contributed by atoms with Crippen LogP contribution in [-0.4, -0.2) is 35.7 Å². The number of rotatable bonds is 3. The predicted octanol–water partition coefficient (Wildman–Crippen LogP) is 2.24. The Morgan fingerprint density at radius 1 is 1.17 bits per heavy atom. The lowest BCUT2D eigenvalue weighted by molar-refractivity contribution is -0.117. The van der Waals surface area contributed by atoms with Gasteiger partial charge in [-0.3, -0.25) is 4.79 Å². The number of hydrogen-bond donors (Lipinski definition) is 3. The molecule has 124 valence electrons. The summed E-state index contributed by atoms with van der Waals surface area (Å²) in [4.78, 5) is 25.9. The van der Waals surface area contributed by atoms with Gasteiger partial charge in [-0.1, -0.05) is 25.0 Å². The summed E-state index contributed by atoms with van der Waals surface area (Å²) in [6, 6.07) is 6.77. The van der Waals surface area contributed by atoms with Crippen molar-refractivity contribution in [2.24, 2.45) is 0 Å². The third-order valence-corrected chi connectivity index (χ3v) is 4.56. The van der Waals surface area contributed by atoms with E-state index in [9.17, 15) is 14.7 Å². The molecule has 3 amide bonds. The molecular weight excluding hydrogens is 294 g/mol. The van der Waals surface area contributed by atoms with Gasteiger partial charge in [0, 0.05) is 13.0 Å². The number of carbonyl (C=O) groups excluding carboxylic acids is 2. The third kappa shape index (κ3) is 3.64. The number of aliphatic hydroxyl groups is 1. The first-order valence-corrected chi connectivity index (χ1v) is 8.30. The number of carbonyl (C=O) groups is 2. The van der Waals surface area contributed by atoms with Crippen LogP contribution < -0.4 is 15.5 Å². The van der Waals surface area contributed by atoms with E-state index in [1.165, 1.54) is 0 Å².